The molecule has 0 atom stereocenters. The number of hydrogen-bond donors (Lipinski definition) is 2. The predicted molar refractivity (Wildman–Crippen MR) is 71.2 cm³/mol. The van der Waals surface area contributed by atoms with Gasteiger partial charge in [0.05, 0.1) is 17.2 Å². The molecule has 2 N–H and O–H groups in total. The van der Waals surface area contributed by atoms with Gasteiger partial charge in [-0.2, -0.15) is 0 Å². The van der Waals surface area contributed by atoms with Crippen LogP contribution in [0.2, 0.25) is 0 Å². The van der Waals surface area contributed by atoms with Gasteiger partial charge in [-0.15, -0.1) is 0 Å². The molecule has 2 aromatic rings. The minimum Gasteiger partial charge on any atom is -0.367 e. The summed E-state index contributed by atoms with van der Waals surface area (Å²) in [4.78, 5) is 8.84. The van der Waals surface area contributed by atoms with E-state index in [2.05, 4.69) is 27.5 Å². The number of aromatic nitrogens is 2. The minimum atomic E-state index is 0.835. The molecule has 0 aliphatic rings. The van der Waals surface area contributed by atoms with Crippen LogP contribution in [-0.2, 0) is 0 Å². The van der Waals surface area contributed by atoms with E-state index in [0.717, 1.165) is 42.9 Å². The van der Waals surface area contributed by atoms with Crippen molar-refractivity contribution in [3.05, 3.63) is 30.5 Å². The Balaban J connectivity index is 1.90. The van der Waals surface area contributed by atoms with Crippen molar-refractivity contribution in [2.45, 2.75) is 13.3 Å². The zero-order valence-electron chi connectivity index (χ0n) is 10.1. The van der Waals surface area contributed by atoms with Crippen LogP contribution in [0.3, 0.4) is 0 Å². The third-order valence-corrected chi connectivity index (χ3v) is 2.48. The molecule has 0 spiro atoms. The van der Waals surface area contributed by atoms with Gasteiger partial charge in [0.25, 0.3) is 0 Å². The molecule has 0 saturated carbocycles. The fraction of sp³-hybridized carbons (Fsp3) is 0.385. The van der Waals surface area contributed by atoms with Crippen LogP contribution in [0.5, 0.6) is 0 Å². The maximum Gasteiger partial charge on any atom is 0.145 e. The quantitative estimate of drug-likeness (QED) is 0.746. The highest BCUT2D eigenvalue weighted by atomic mass is 15.0. The molecule has 90 valence electrons. The number of hydrogen-bond acceptors (Lipinski definition) is 4. The van der Waals surface area contributed by atoms with Crippen molar-refractivity contribution in [3.63, 3.8) is 0 Å². The Bertz CT molecular complexity index is 470. The smallest absolute Gasteiger partial charge is 0.145 e. The summed E-state index contributed by atoms with van der Waals surface area (Å²) in [5, 5.41) is 6.59. The Morgan fingerprint density at radius 3 is 2.71 bits per heavy atom. The highest BCUT2D eigenvalue weighted by Crippen LogP contribution is 2.10. The lowest BCUT2D eigenvalue weighted by Gasteiger charge is -2.06. The van der Waals surface area contributed by atoms with E-state index >= 15 is 0 Å². The van der Waals surface area contributed by atoms with Gasteiger partial charge < -0.3 is 10.6 Å². The molecule has 0 amide bonds. The third-order valence-electron chi connectivity index (χ3n) is 2.48. The second kappa shape index (κ2) is 6.15. The number of anilines is 1. The molecule has 2 rings (SSSR count). The molecule has 1 aromatic carbocycles. The average Bonchev–Trinajstić information content (AvgIpc) is 2.38. The summed E-state index contributed by atoms with van der Waals surface area (Å²) in [5.41, 5.74) is 1.86. The van der Waals surface area contributed by atoms with E-state index in [1.807, 2.05) is 24.3 Å². The van der Waals surface area contributed by atoms with Crippen LogP contribution in [0.25, 0.3) is 11.0 Å². The Kier molecular flexibility index (Phi) is 4.27. The molecule has 0 aliphatic carbocycles. The van der Waals surface area contributed by atoms with Crippen LogP contribution in [-0.4, -0.2) is 29.6 Å². The minimum absolute atomic E-state index is 0.835. The maximum absolute atomic E-state index is 4.49. The van der Waals surface area contributed by atoms with Crippen molar-refractivity contribution in [2.75, 3.05) is 25.0 Å². The van der Waals surface area contributed by atoms with Gasteiger partial charge >= 0.3 is 0 Å². The molecule has 0 radical (unpaired) electrons. The van der Waals surface area contributed by atoms with Crippen LogP contribution < -0.4 is 10.6 Å². The number of benzene rings is 1. The van der Waals surface area contributed by atoms with Gasteiger partial charge in [-0.3, -0.25) is 4.98 Å². The zero-order chi connectivity index (χ0) is 11.9. The fourth-order valence-electron chi connectivity index (χ4n) is 1.62. The second-order valence-electron chi connectivity index (χ2n) is 3.92. The lowest BCUT2D eigenvalue weighted by Crippen LogP contribution is -2.23. The summed E-state index contributed by atoms with van der Waals surface area (Å²) in [6, 6.07) is 7.89. The largest absolute Gasteiger partial charge is 0.367 e. The molecule has 17 heavy (non-hydrogen) atoms. The second-order valence-corrected chi connectivity index (χ2v) is 3.92. The van der Waals surface area contributed by atoms with Gasteiger partial charge in [-0.25, -0.2) is 4.98 Å². The molecular weight excluding hydrogens is 212 g/mol. The summed E-state index contributed by atoms with van der Waals surface area (Å²) < 4.78 is 0. The number of para-hydroxylation sites is 2. The van der Waals surface area contributed by atoms with Gasteiger partial charge in [-0.05, 0) is 25.1 Å². The zero-order valence-corrected chi connectivity index (χ0v) is 10.1. The monoisotopic (exact) mass is 230 g/mol. The molecule has 0 saturated heterocycles. The molecule has 1 heterocycles. The van der Waals surface area contributed by atoms with E-state index in [1.165, 1.54) is 0 Å². The first-order valence-electron chi connectivity index (χ1n) is 6.06. The van der Waals surface area contributed by atoms with Crippen LogP contribution >= 0.6 is 0 Å². The average molecular weight is 230 g/mol. The van der Waals surface area contributed by atoms with Crippen LogP contribution in [0.1, 0.15) is 13.3 Å². The molecule has 0 fully saturated rings. The summed E-state index contributed by atoms with van der Waals surface area (Å²) >= 11 is 0. The van der Waals surface area contributed by atoms with Crippen molar-refractivity contribution in [2.24, 2.45) is 0 Å². The summed E-state index contributed by atoms with van der Waals surface area (Å²) in [6.07, 6.45) is 2.94. The predicted octanol–water partition coefficient (Wildman–Crippen LogP) is 2.04. The highest BCUT2D eigenvalue weighted by molar-refractivity contribution is 5.75. The molecule has 4 heteroatoms. The number of fused-ring (bicyclic) bond motifs is 1. The first-order valence-corrected chi connectivity index (χ1v) is 6.06. The molecule has 4 nitrogen and oxygen atoms in total. The van der Waals surface area contributed by atoms with E-state index < -0.39 is 0 Å². The van der Waals surface area contributed by atoms with Crippen LogP contribution in [0, 0.1) is 0 Å². The highest BCUT2D eigenvalue weighted by Gasteiger charge is 1.97. The summed E-state index contributed by atoms with van der Waals surface area (Å²) in [6.45, 7) is 5.04. The van der Waals surface area contributed by atoms with Gasteiger partial charge in [-0.1, -0.05) is 19.1 Å². The van der Waals surface area contributed by atoms with Gasteiger partial charge in [0.15, 0.2) is 0 Å². The SMILES string of the molecule is CCCNCCNc1cnc2ccccc2n1. The maximum atomic E-state index is 4.49. The first-order chi connectivity index (χ1) is 8.40. The molecule has 0 unspecified atom stereocenters. The number of nitrogens with one attached hydrogen (secondary N) is 2. The van der Waals surface area contributed by atoms with Crippen molar-refractivity contribution in [1.29, 1.82) is 0 Å². The molecule has 0 aliphatic heterocycles. The van der Waals surface area contributed by atoms with E-state index in [0.29, 0.717) is 0 Å². The standard InChI is InChI=1S/C13H18N4/c1-2-7-14-8-9-15-13-10-16-11-5-3-4-6-12(11)17-13/h3-6,10,14H,2,7-9H2,1H3,(H,15,17). The fourth-order valence-corrected chi connectivity index (χ4v) is 1.62. The van der Waals surface area contributed by atoms with Gasteiger partial charge in [0.1, 0.15) is 5.82 Å². The first kappa shape index (κ1) is 11.8. The molecule has 1 aromatic heterocycles. The van der Waals surface area contributed by atoms with E-state index in [4.69, 9.17) is 0 Å². The van der Waals surface area contributed by atoms with Crippen LogP contribution in [0.15, 0.2) is 30.5 Å². The van der Waals surface area contributed by atoms with Gasteiger partial charge in [0, 0.05) is 13.1 Å². The van der Waals surface area contributed by atoms with Crippen molar-refractivity contribution in [3.8, 4) is 0 Å². The van der Waals surface area contributed by atoms with Crippen molar-refractivity contribution >= 4 is 16.9 Å². The summed E-state index contributed by atoms with van der Waals surface area (Å²) in [5.74, 6) is 0.835. The summed E-state index contributed by atoms with van der Waals surface area (Å²) in [7, 11) is 0. The topological polar surface area (TPSA) is 49.8 Å². The normalized spacial score (nSPS) is 10.6. The Morgan fingerprint density at radius 2 is 1.88 bits per heavy atom. The Labute approximate surface area is 101 Å². The van der Waals surface area contributed by atoms with Gasteiger partial charge in [0.2, 0.25) is 0 Å². The van der Waals surface area contributed by atoms with Crippen molar-refractivity contribution in [1.82, 2.24) is 15.3 Å². The van der Waals surface area contributed by atoms with E-state index in [1.54, 1.807) is 6.20 Å². The third kappa shape index (κ3) is 3.39. The lowest BCUT2D eigenvalue weighted by molar-refractivity contribution is 0.687. The number of nitrogens with zero attached hydrogens (tertiary/aromatic N) is 2. The Hall–Kier alpha value is -1.68. The molecule has 0 bridgehead atoms. The number of rotatable bonds is 6. The van der Waals surface area contributed by atoms with E-state index in [9.17, 15) is 0 Å². The molecular formula is C13H18N4. The van der Waals surface area contributed by atoms with E-state index in [-0.39, 0.29) is 0 Å². The van der Waals surface area contributed by atoms with Crippen LogP contribution in [0.4, 0.5) is 5.82 Å². The Morgan fingerprint density at radius 1 is 1.06 bits per heavy atom. The van der Waals surface area contributed by atoms with Crippen molar-refractivity contribution < 1.29 is 0 Å². The lowest BCUT2D eigenvalue weighted by atomic mass is 10.3.